The maximum Gasteiger partial charge on any atom is 0.240 e. The van der Waals surface area contributed by atoms with Crippen molar-refractivity contribution in [1.82, 2.24) is 4.72 Å². The highest BCUT2D eigenvalue weighted by molar-refractivity contribution is 7.89. The summed E-state index contributed by atoms with van der Waals surface area (Å²) in [4.78, 5) is 0.253. The monoisotopic (exact) mass is 389 g/mol. The Morgan fingerprint density at radius 1 is 1.07 bits per heavy atom. The summed E-state index contributed by atoms with van der Waals surface area (Å²) < 4.78 is 32.8. The van der Waals surface area contributed by atoms with Gasteiger partial charge in [-0.05, 0) is 61.3 Å². The molecule has 0 fully saturated rings. The minimum absolute atomic E-state index is 0.183. The second kappa shape index (κ2) is 10.9. The van der Waals surface area contributed by atoms with Crippen molar-refractivity contribution in [3.63, 3.8) is 0 Å². The lowest BCUT2D eigenvalue weighted by atomic mass is 10.1. The molecule has 5 nitrogen and oxygen atoms in total. The zero-order valence-corrected chi connectivity index (χ0v) is 16.5. The van der Waals surface area contributed by atoms with Gasteiger partial charge in [-0.1, -0.05) is 36.8 Å². The van der Waals surface area contributed by atoms with Gasteiger partial charge in [-0.2, -0.15) is 0 Å². The molecule has 0 aromatic heterocycles. The van der Waals surface area contributed by atoms with Crippen LogP contribution in [0.3, 0.4) is 0 Å². The summed E-state index contributed by atoms with van der Waals surface area (Å²) in [6.07, 6.45) is 10.8. The summed E-state index contributed by atoms with van der Waals surface area (Å²) in [5, 5.41) is 8.74. The normalized spacial score (nSPS) is 13.9. The van der Waals surface area contributed by atoms with Gasteiger partial charge < -0.3 is 9.84 Å². The van der Waals surface area contributed by atoms with E-state index in [0.717, 1.165) is 36.8 Å². The number of ether oxygens (including phenoxy) is 1. The topological polar surface area (TPSA) is 75.6 Å². The van der Waals surface area contributed by atoms with Crippen LogP contribution in [0.5, 0.6) is 0 Å². The van der Waals surface area contributed by atoms with Gasteiger partial charge in [-0.3, -0.25) is 0 Å². The standard InChI is InChI=1S/C21H27NO4S/c1-2-26-20-9-7-8-18(10-13-20)19-11-14-21(15-12-19)27(24,25)22-16-5-3-4-6-17-23/h7-8,10-15,22-23H,2-6,16-17H2,1H3. The lowest BCUT2D eigenvalue weighted by Crippen LogP contribution is -2.24. The van der Waals surface area contributed by atoms with Gasteiger partial charge in [-0.15, -0.1) is 0 Å². The number of benzene rings is 1. The number of aliphatic hydroxyl groups is 1. The van der Waals surface area contributed by atoms with Crippen molar-refractivity contribution in [3.05, 3.63) is 65.6 Å². The van der Waals surface area contributed by atoms with Gasteiger partial charge in [0.15, 0.2) is 5.76 Å². The second-order valence-corrected chi connectivity index (χ2v) is 7.89. The molecule has 0 amide bonds. The summed E-state index contributed by atoms with van der Waals surface area (Å²) in [6.45, 7) is 3.09. The third kappa shape index (κ3) is 6.85. The van der Waals surface area contributed by atoms with Crippen LogP contribution in [-0.2, 0) is 14.8 Å². The molecule has 0 unspecified atom stereocenters. The zero-order chi connectivity index (χ0) is 19.5. The van der Waals surface area contributed by atoms with Gasteiger partial charge in [0.2, 0.25) is 10.0 Å². The summed E-state index contributed by atoms with van der Waals surface area (Å²) in [5.74, 6) is 0.672. The van der Waals surface area contributed by atoms with E-state index in [0.29, 0.717) is 18.9 Å². The molecule has 2 rings (SSSR count). The number of nitrogens with one attached hydrogen (secondary N) is 1. The maximum absolute atomic E-state index is 12.4. The van der Waals surface area contributed by atoms with Crippen molar-refractivity contribution in [2.24, 2.45) is 0 Å². The zero-order valence-electron chi connectivity index (χ0n) is 15.6. The Morgan fingerprint density at radius 3 is 2.52 bits per heavy atom. The van der Waals surface area contributed by atoms with E-state index in [1.807, 2.05) is 25.2 Å². The molecule has 0 radical (unpaired) electrons. The van der Waals surface area contributed by atoms with E-state index < -0.39 is 10.0 Å². The number of allylic oxidation sites excluding steroid dienone is 4. The number of unbranched alkanes of at least 4 members (excludes halogenated alkanes) is 3. The van der Waals surface area contributed by atoms with Crippen LogP contribution < -0.4 is 4.72 Å². The van der Waals surface area contributed by atoms with E-state index in [4.69, 9.17) is 9.84 Å². The van der Waals surface area contributed by atoms with Crippen LogP contribution in [0.25, 0.3) is 5.57 Å². The van der Waals surface area contributed by atoms with Crippen LogP contribution in [-0.4, -0.2) is 33.3 Å². The van der Waals surface area contributed by atoms with Crippen LogP contribution in [0.15, 0.2) is 65.0 Å². The Balaban J connectivity index is 1.96. The van der Waals surface area contributed by atoms with Gasteiger partial charge in [0.25, 0.3) is 0 Å². The van der Waals surface area contributed by atoms with Gasteiger partial charge in [0, 0.05) is 13.2 Å². The Bertz CT molecular complexity index is 829. The van der Waals surface area contributed by atoms with Crippen LogP contribution in [0.4, 0.5) is 0 Å². The van der Waals surface area contributed by atoms with E-state index in [1.54, 1.807) is 30.3 Å². The predicted molar refractivity (Wildman–Crippen MR) is 108 cm³/mol. The average molecular weight is 390 g/mol. The molecule has 0 saturated carbocycles. The molecular formula is C21H27NO4S. The van der Waals surface area contributed by atoms with Gasteiger partial charge in [0.1, 0.15) is 0 Å². The van der Waals surface area contributed by atoms with Crippen LogP contribution in [0, 0.1) is 0 Å². The molecule has 27 heavy (non-hydrogen) atoms. The highest BCUT2D eigenvalue weighted by atomic mass is 32.2. The molecule has 0 spiro atoms. The van der Waals surface area contributed by atoms with E-state index in [-0.39, 0.29) is 11.5 Å². The van der Waals surface area contributed by atoms with Crippen molar-refractivity contribution >= 4 is 15.6 Å². The highest BCUT2D eigenvalue weighted by Gasteiger charge is 2.13. The first kappa shape index (κ1) is 21.2. The summed E-state index contributed by atoms with van der Waals surface area (Å²) in [7, 11) is -3.50. The van der Waals surface area contributed by atoms with Crippen LogP contribution >= 0.6 is 0 Å². The van der Waals surface area contributed by atoms with Gasteiger partial charge in [-0.25, -0.2) is 13.1 Å². The number of hydrogen-bond acceptors (Lipinski definition) is 4. The van der Waals surface area contributed by atoms with Gasteiger partial charge >= 0.3 is 0 Å². The van der Waals surface area contributed by atoms with Crippen molar-refractivity contribution in [2.45, 2.75) is 37.5 Å². The van der Waals surface area contributed by atoms with E-state index in [2.05, 4.69) is 10.5 Å². The molecule has 0 saturated heterocycles. The molecule has 1 aromatic carbocycles. The molecule has 0 bridgehead atoms. The van der Waals surface area contributed by atoms with Crippen molar-refractivity contribution < 1.29 is 18.3 Å². The lowest BCUT2D eigenvalue weighted by molar-refractivity contribution is 0.243. The van der Waals surface area contributed by atoms with Crippen molar-refractivity contribution in [1.29, 1.82) is 0 Å². The maximum atomic E-state index is 12.4. The minimum atomic E-state index is -3.50. The largest absolute Gasteiger partial charge is 0.486 e. The van der Waals surface area contributed by atoms with E-state index in [1.165, 1.54) is 0 Å². The number of rotatable bonds is 11. The highest BCUT2D eigenvalue weighted by Crippen LogP contribution is 2.21. The van der Waals surface area contributed by atoms with Crippen LogP contribution in [0.2, 0.25) is 0 Å². The molecule has 146 valence electrons. The summed E-state index contributed by atoms with van der Waals surface area (Å²) in [5.41, 5.74) is 4.92. The Hall–Kier alpha value is -2.11. The molecular weight excluding hydrogens is 362 g/mol. The minimum Gasteiger partial charge on any atom is -0.486 e. The van der Waals surface area contributed by atoms with Crippen molar-refractivity contribution in [3.8, 4) is 0 Å². The SMILES string of the molecule is CCOC1=C=CC=C(c2ccc(S(=O)(=O)NCCCCCCO)cc2)C=C1. The van der Waals surface area contributed by atoms with Gasteiger partial charge in [0.05, 0.1) is 11.5 Å². The molecule has 1 aliphatic rings. The Kier molecular flexibility index (Phi) is 8.55. The Labute approximate surface area is 161 Å². The summed E-state index contributed by atoms with van der Waals surface area (Å²) in [6, 6.07) is 6.82. The molecule has 0 heterocycles. The first-order chi connectivity index (χ1) is 13.1. The first-order valence-corrected chi connectivity index (χ1v) is 10.7. The third-order valence-electron chi connectivity index (χ3n) is 4.08. The number of aliphatic hydroxyl groups excluding tert-OH is 1. The third-order valence-corrected chi connectivity index (χ3v) is 5.55. The van der Waals surface area contributed by atoms with Crippen molar-refractivity contribution in [2.75, 3.05) is 19.8 Å². The Morgan fingerprint density at radius 2 is 1.81 bits per heavy atom. The number of sulfonamides is 1. The fourth-order valence-electron chi connectivity index (χ4n) is 2.63. The second-order valence-electron chi connectivity index (χ2n) is 6.12. The molecule has 1 aliphatic carbocycles. The number of hydrogen-bond donors (Lipinski definition) is 2. The van der Waals surface area contributed by atoms with E-state index in [9.17, 15) is 8.42 Å². The van der Waals surface area contributed by atoms with E-state index >= 15 is 0 Å². The molecule has 6 heteroatoms. The molecule has 0 atom stereocenters. The first-order valence-electron chi connectivity index (χ1n) is 9.25. The smallest absolute Gasteiger partial charge is 0.240 e. The molecule has 1 aromatic rings. The van der Waals surface area contributed by atoms with Crippen LogP contribution in [0.1, 0.15) is 38.2 Å². The molecule has 2 N–H and O–H groups in total. The fourth-order valence-corrected chi connectivity index (χ4v) is 3.70. The predicted octanol–water partition coefficient (Wildman–Crippen LogP) is 3.55. The quantitative estimate of drug-likeness (QED) is 0.448. The average Bonchev–Trinajstić information content (AvgIpc) is 2.91. The lowest BCUT2D eigenvalue weighted by Gasteiger charge is -2.08. The summed E-state index contributed by atoms with van der Waals surface area (Å²) >= 11 is 0. The fraction of sp³-hybridized carbons (Fsp3) is 0.381. The molecule has 0 aliphatic heterocycles.